The van der Waals surface area contributed by atoms with Gasteiger partial charge in [-0.2, -0.15) is 0 Å². The summed E-state index contributed by atoms with van der Waals surface area (Å²) in [7, 11) is 0. The van der Waals surface area contributed by atoms with Crippen molar-refractivity contribution in [2.75, 3.05) is 37.6 Å². The van der Waals surface area contributed by atoms with Crippen molar-refractivity contribution in [3.8, 4) is 5.75 Å². The SMILES string of the molecule is CCN(CC)c1ccc(C=NC[C@H](c2cccs2)[NH+]2CCCC2)c(O)c1. The molecule has 1 aliphatic heterocycles. The molecule has 0 unspecified atom stereocenters. The zero-order valence-electron chi connectivity index (χ0n) is 15.8. The van der Waals surface area contributed by atoms with Crippen molar-refractivity contribution in [3.63, 3.8) is 0 Å². The van der Waals surface area contributed by atoms with Crippen molar-refractivity contribution in [3.05, 3.63) is 46.2 Å². The number of hydrogen-bond acceptors (Lipinski definition) is 4. The number of phenolic OH excluding ortho intramolecular Hbond substituents is 1. The lowest BCUT2D eigenvalue weighted by Gasteiger charge is -2.22. The van der Waals surface area contributed by atoms with E-state index in [-0.39, 0.29) is 0 Å². The van der Waals surface area contributed by atoms with Gasteiger partial charge in [-0.1, -0.05) is 6.07 Å². The average Bonchev–Trinajstić information content (AvgIpc) is 3.35. The predicted octanol–water partition coefficient (Wildman–Crippen LogP) is 3.14. The maximum atomic E-state index is 10.4. The number of hydrogen-bond donors (Lipinski definition) is 2. The molecule has 1 aliphatic rings. The minimum absolute atomic E-state index is 0.305. The number of nitrogens with one attached hydrogen (secondary N) is 1. The zero-order valence-corrected chi connectivity index (χ0v) is 16.6. The van der Waals surface area contributed by atoms with E-state index in [0.29, 0.717) is 11.8 Å². The van der Waals surface area contributed by atoms with E-state index in [1.54, 1.807) is 4.90 Å². The Morgan fingerprint density at radius 1 is 1.23 bits per heavy atom. The summed E-state index contributed by atoms with van der Waals surface area (Å²) in [5.41, 5.74) is 1.85. The molecule has 1 saturated heterocycles. The molecule has 1 atom stereocenters. The molecule has 5 heteroatoms. The van der Waals surface area contributed by atoms with Gasteiger partial charge in [0, 0.05) is 49.5 Å². The summed E-state index contributed by atoms with van der Waals surface area (Å²) in [6.07, 6.45) is 4.46. The van der Waals surface area contributed by atoms with Gasteiger partial charge in [0.2, 0.25) is 0 Å². The van der Waals surface area contributed by atoms with Crippen LogP contribution < -0.4 is 9.80 Å². The summed E-state index contributed by atoms with van der Waals surface area (Å²) in [5.74, 6) is 0.305. The molecule has 3 rings (SSSR count). The fraction of sp³-hybridized carbons (Fsp3) is 0.476. The maximum Gasteiger partial charge on any atom is 0.142 e. The van der Waals surface area contributed by atoms with E-state index in [4.69, 9.17) is 4.99 Å². The first kappa shape index (κ1) is 18.9. The second-order valence-corrected chi connectivity index (χ2v) is 7.82. The number of anilines is 1. The molecule has 26 heavy (non-hydrogen) atoms. The van der Waals surface area contributed by atoms with E-state index in [1.807, 2.05) is 29.7 Å². The Morgan fingerprint density at radius 2 is 2.00 bits per heavy atom. The van der Waals surface area contributed by atoms with Gasteiger partial charge in [0.05, 0.1) is 24.5 Å². The normalized spacial score (nSPS) is 16.4. The van der Waals surface area contributed by atoms with Gasteiger partial charge in [0.25, 0.3) is 0 Å². The van der Waals surface area contributed by atoms with Crippen molar-refractivity contribution < 1.29 is 10.0 Å². The Hall–Kier alpha value is -1.85. The van der Waals surface area contributed by atoms with Crippen LogP contribution in [-0.4, -0.2) is 44.0 Å². The summed E-state index contributed by atoms with van der Waals surface area (Å²) in [5, 5.41) is 12.5. The van der Waals surface area contributed by atoms with Crippen LogP contribution in [0.4, 0.5) is 5.69 Å². The van der Waals surface area contributed by atoms with Gasteiger partial charge >= 0.3 is 0 Å². The molecule has 0 radical (unpaired) electrons. The highest BCUT2D eigenvalue weighted by atomic mass is 32.1. The molecule has 0 amide bonds. The minimum Gasteiger partial charge on any atom is -0.507 e. The van der Waals surface area contributed by atoms with Gasteiger partial charge in [0.1, 0.15) is 11.8 Å². The van der Waals surface area contributed by atoms with Gasteiger partial charge in [-0.3, -0.25) is 4.99 Å². The molecule has 2 aromatic rings. The number of aliphatic imine (C=N–C) groups is 1. The second-order valence-electron chi connectivity index (χ2n) is 6.84. The van der Waals surface area contributed by atoms with Crippen LogP contribution in [-0.2, 0) is 0 Å². The summed E-state index contributed by atoms with van der Waals surface area (Å²) in [4.78, 5) is 9.99. The molecule has 1 aromatic heterocycles. The van der Waals surface area contributed by atoms with Gasteiger partial charge in [-0.25, -0.2) is 0 Å². The Morgan fingerprint density at radius 3 is 2.62 bits per heavy atom. The molecule has 0 saturated carbocycles. The smallest absolute Gasteiger partial charge is 0.142 e. The quantitative estimate of drug-likeness (QED) is 0.699. The summed E-state index contributed by atoms with van der Waals surface area (Å²) in [6, 6.07) is 10.7. The van der Waals surface area contributed by atoms with E-state index in [1.165, 1.54) is 30.8 Å². The number of nitrogens with zero attached hydrogens (tertiary/aromatic N) is 2. The Labute approximate surface area is 160 Å². The van der Waals surface area contributed by atoms with Crippen LogP contribution in [0.5, 0.6) is 5.75 Å². The Kier molecular flexibility index (Phi) is 6.69. The third-order valence-corrected chi connectivity index (χ3v) is 6.27. The third kappa shape index (κ3) is 4.46. The van der Waals surface area contributed by atoms with Crippen LogP contribution in [0.2, 0.25) is 0 Å². The second kappa shape index (κ2) is 9.19. The number of benzene rings is 1. The average molecular weight is 373 g/mol. The number of thiophene rings is 1. The zero-order chi connectivity index (χ0) is 18.4. The van der Waals surface area contributed by atoms with Gasteiger partial charge in [-0.15, -0.1) is 11.3 Å². The molecule has 0 spiro atoms. The minimum atomic E-state index is 0.305. The highest BCUT2D eigenvalue weighted by Crippen LogP contribution is 2.24. The standard InChI is InChI=1S/C21H29N3OS/c1-3-23(4-2)18-10-9-17(20(25)14-18)15-22-16-19(21-8-7-13-26-21)24-11-5-6-12-24/h7-10,13-15,19,25H,3-6,11-12,16H2,1-2H3/p+1/t19-/m1/s1. The Balaban J connectivity index is 1.70. The van der Waals surface area contributed by atoms with E-state index in [0.717, 1.165) is 30.9 Å². The van der Waals surface area contributed by atoms with Crippen LogP contribution in [0.3, 0.4) is 0 Å². The van der Waals surface area contributed by atoms with E-state index >= 15 is 0 Å². The molecule has 0 bridgehead atoms. The monoisotopic (exact) mass is 372 g/mol. The fourth-order valence-electron chi connectivity index (χ4n) is 3.77. The first-order chi connectivity index (χ1) is 12.7. The first-order valence-corrected chi connectivity index (χ1v) is 10.6. The molecule has 1 fully saturated rings. The van der Waals surface area contributed by atoms with Gasteiger partial charge in [-0.05, 0) is 37.4 Å². The number of aromatic hydroxyl groups is 1. The van der Waals surface area contributed by atoms with Crippen molar-refractivity contribution in [1.29, 1.82) is 0 Å². The summed E-state index contributed by atoms with van der Waals surface area (Å²) in [6.45, 7) is 9.37. The largest absolute Gasteiger partial charge is 0.507 e. The lowest BCUT2D eigenvalue weighted by molar-refractivity contribution is -0.917. The van der Waals surface area contributed by atoms with E-state index < -0.39 is 0 Å². The molecule has 4 nitrogen and oxygen atoms in total. The van der Waals surface area contributed by atoms with Gasteiger partial charge < -0.3 is 14.9 Å². The number of quaternary nitrogens is 1. The van der Waals surface area contributed by atoms with Gasteiger partial charge in [0.15, 0.2) is 0 Å². The van der Waals surface area contributed by atoms with Crippen molar-refractivity contribution in [1.82, 2.24) is 0 Å². The fourth-order valence-corrected chi connectivity index (χ4v) is 4.65. The van der Waals surface area contributed by atoms with Crippen LogP contribution >= 0.6 is 11.3 Å². The van der Waals surface area contributed by atoms with Crippen molar-refractivity contribution >= 4 is 23.2 Å². The molecule has 2 N–H and O–H groups in total. The third-order valence-electron chi connectivity index (χ3n) is 5.29. The molecular weight excluding hydrogens is 342 g/mol. The van der Waals surface area contributed by atoms with Crippen LogP contribution in [0.1, 0.15) is 43.2 Å². The molecule has 140 valence electrons. The van der Waals surface area contributed by atoms with Crippen molar-refractivity contribution in [2.45, 2.75) is 32.7 Å². The first-order valence-electron chi connectivity index (χ1n) is 9.68. The predicted molar refractivity (Wildman–Crippen MR) is 111 cm³/mol. The maximum absolute atomic E-state index is 10.4. The number of rotatable bonds is 8. The van der Waals surface area contributed by atoms with E-state index in [9.17, 15) is 5.11 Å². The van der Waals surface area contributed by atoms with Crippen LogP contribution in [0.25, 0.3) is 0 Å². The van der Waals surface area contributed by atoms with E-state index in [2.05, 4.69) is 42.3 Å². The van der Waals surface area contributed by atoms with Crippen molar-refractivity contribution in [2.24, 2.45) is 4.99 Å². The molecule has 2 heterocycles. The highest BCUT2D eigenvalue weighted by molar-refractivity contribution is 7.10. The van der Waals surface area contributed by atoms with Crippen LogP contribution in [0.15, 0.2) is 40.7 Å². The highest BCUT2D eigenvalue weighted by Gasteiger charge is 2.27. The lowest BCUT2D eigenvalue weighted by Crippen LogP contribution is -3.10. The number of likely N-dealkylation sites (tertiary alicyclic amines) is 1. The number of phenols is 1. The molecular formula is C21H30N3OS+. The topological polar surface area (TPSA) is 40.3 Å². The lowest BCUT2D eigenvalue weighted by atomic mass is 10.1. The summed E-state index contributed by atoms with van der Waals surface area (Å²) < 4.78 is 0. The molecule has 1 aromatic carbocycles. The Bertz CT molecular complexity index is 704. The summed E-state index contributed by atoms with van der Waals surface area (Å²) >= 11 is 1.83. The molecule has 0 aliphatic carbocycles. The van der Waals surface area contributed by atoms with Crippen LogP contribution in [0, 0.1) is 0 Å².